The van der Waals surface area contributed by atoms with Gasteiger partial charge in [0.05, 0.1) is 18.0 Å². The molecule has 9 nitrogen and oxygen atoms in total. The maximum Gasteiger partial charge on any atom is 0.262 e. The molecule has 4 rings (SSSR count). The predicted molar refractivity (Wildman–Crippen MR) is 115 cm³/mol. The van der Waals surface area contributed by atoms with Gasteiger partial charge in [0.1, 0.15) is 5.56 Å². The number of fused-ring (bicyclic) bond motifs is 1. The maximum absolute atomic E-state index is 14.3. The quantitative estimate of drug-likeness (QED) is 0.597. The Bertz CT molecular complexity index is 1100. The van der Waals surface area contributed by atoms with Crippen molar-refractivity contribution in [2.75, 3.05) is 43.5 Å². The van der Waals surface area contributed by atoms with Crippen LogP contribution in [0.1, 0.15) is 29.4 Å². The van der Waals surface area contributed by atoms with Crippen molar-refractivity contribution in [1.82, 2.24) is 24.7 Å². The summed E-state index contributed by atoms with van der Waals surface area (Å²) in [6.07, 6.45) is 5.81. The zero-order valence-electron chi connectivity index (χ0n) is 17.9. The van der Waals surface area contributed by atoms with Gasteiger partial charge in [-0.05, 0) is 39.8 Å². The molecule has 3 aromatic rings. The first-order valence-corrected chi connectivity index (χ1v) is 10.3. The highest BCUT2D eigenvalue weighted by molar-refractivity contribution is 6.05. The first kappa shape index (κ1) is 21.0. The highest BCUT2D eigenvalue weighted by Crippen LogP contribution is 2.25. The maximum atomic E-state index is 14.3. The number of aryl methyl sites for hydroxylation is 1. The van der Waals surface area contributed by atoms with Crippen molar-refractivity contribution in [2.24, 2.45) is 5.92 Å². The van der Waals surface area contributed by atoms with Crippen molar-refractivity contribution in [2.45, 2.75) is 20.3 Å². The van der Waals surface area contributed by atoms with Crippen LogP contribution in [0, 0.1) is 18.7 Å². The second-order valence-electron chi connectivity index (χ2n) is 7.62. The summed E-state index contributed by atoms with van der Waals surface area (Å²) < 4.78 is 21.5. The Morgan fingerprint density at radius 2 is 2.19 bits per heavy atom. The minimum atomic E-state index is -0.521. The lowest BCUT2D eigenvalue weighted by molar-refractivity contribution is 0.102. The molecule has 4 heterocycles. The minimum Gasteiger partial charge on any atom is -0.477 e. The Morgan fingerprint density at radius 3 is 2.97 bits per heavy atom. The molecule has 3 aromatic heterocycles. The molecule has 1 atom stereocenters. The van der Waals surface area contributed by atoms with E-state index < -0.39 is 11.7 Å². The van der Waals surface area contributed by atoms with Crippen LogP contribution in [0.4, 0.5) is 16.0 Å². The van der Waals surface area contributed by atoms with Crippen LogP contribution in [0.2, 0.25) is 0 Å². The highest BCUT2D eigenvalue weighted by atomic mass is 19.1. The molecule has 0 saturated carbocycles. The second-order valence-corrected chi connectivity index (χ2v) is 7.62. The Balaban J connectivity index is 1.56. The van der Waals surface area contributed by atoms with Gasteiger partial charge in [-0.1, -0.05) is 0 Å². The highest BCUT2D eigenvalue weighted by Gasteiger charge is 2.26. The van der Waals surface area contributed by atoms with Crippen LogP contribution in [0.15, 0.2) is 24.7 Å². The number of aromatic nitrogens is 4. The molecule has 0 aliphatic carbocycles. The van der Waals surface area contributed by atoms with Gasteiger partial charge >= 0.3 is 0 Å². The Labute approximate surface area is 179 Å². The first-order chi connectivity index (χ1) is 15.0. The molecule has 1 aliphatic heterocycles. The molecule has 10 heteroatoms. The molecule has 0 radical (unpaired) electrons. The normalized spacial score (nSPS) is 16.1. The van der Waals surface area contributed by atoms with Gasteiger partial charge in [-0.3, -0.25) is 4.79 Å². The second kappa shape index (κ2) is 8.84. The fraction of sp³-hybridized carbons (Fsp3) is 0.429. The van der Waals surface area contributed by atoms with E-state index >= 15 is 0 Å². The summed E-state index contributed by atoms with van der Waals surface area (Å²) in [5.41, 5.74) is 1.39. The first-order valence-electron chi connectivity index (χ1n) is 10.3. The molecular formula is C21H26FN7O2. The van der Waals surface area contributed by atoms with Crippen LogP contribution in [0.3, 0.4) is 0 Å². The van der Waals surface area contributed by atoms with Gasteiger partial charge in [0.15, 0.2) is 11.5 Å². The SMILES string of the molecule is CCOc1nc(N2CCC(CNC)C2)ncc1C(=O)Nc1cc(F)c2nc(C)cn2c1. The van der Waals surface area contributed by atoms with Crippen molar-refractivity contribution < 1.29 is 13.9 Å². The Kier molecular flexibility index (Phi) is 5.99. The molecule has 1 saturated heterocycles. The summed E-state index contributed by atoms with van der Waals surface area (Å²) >= 11 is 0. The van der Waals surface area contributed by atoms with Gasteiger partial charge in [0.25, 0.3) is 5.91 Å². The molecule has 0 aromatic carbocycles. The van der Waals surface area contributed by atoms with Crippen LogP contribution in [-0.4, -0.2) is 58.5 Å². The van der Waals surface area contributed by atoms with E-state index in [9.17, 15) is 9.18 Å². The molecule has 0 bridgehead atoms. The number of pyridine rings is 1. The summed E-state index contributed by atoms with van der Waals surface area (Å²) in [6, 6.07) is 1.24. The number of carbonyl (C=O) groups is 1. The number of ether oxygens (including phenoxy) is 1. The minimum absolute atomic E-state index is 0.193. The predicted octanol–water partition coefficient (Wildman–Crippen LogP) is 2.27. The van der Waals surface area contributed by atoms with Gasteiger partial charge < -0.3 is 24.7 Å². The molecule has 1 fully saturated rings. The third-order valence-electron chi connectivity index (χ3n) is 5.21. The summed E-state index contributed by atoms with van der Waals surface area (Å²) in [6.45, 7) is 6.60. The standard InChI is InChI=1S/C21H26FN7O2/c1-4-31-20-16(9-24-21(27-20)28-6-5-14(11-28)8-23-3)19(30)26-15-7-17(22)18-25-13(2)10-29(18)12-15/h7,9-10,12,14,23H,4-6,8,11H2,1-3H3,(H,26,30). The molecule has 164 valence electrons. The molecule has 1 unspecified atom stereocenters. The topological polar surface area (TPSA) is 96.7 Å². The van der Waals surface area contributed by atoms with E-state index in [0.717, 1.165) is 26.1 Å². The van der Waals surface area contributed by atoms with Gasteiger partial charge in [-0.25, -0.2) is 14.4 Å². The monoisotopic (exact) mass is 427 g/mol. The van der Waals surface area contributed by atoms with Gasteiger partial charge in [-0.2, -0.15) is 4.98 Å². The smallest absolute Gasteiger partial charge is 0.262 e. The zero-order chi connectivity index (χ0) is 22.0. The summed E-state index contributed by atoms with van der Waals surface area (Å²) in [5.74, 6) is 0.290. The van der Waals surface area contributed by atoms with E-state index in [-0.39, 0.29) is 17.1 Å². The number of hydrogen-bond acceptors (Lipinski definition) is 7. The number of nitrogens with zero attached hydrogens (tertiary/aromatic N) is 5. The number of imidazole rings is 1. The van der Waals surface area contributed by atoms with Crippen molar-refractivity contribution in [3.8, 4) is 5.88 Å². The van der Waals surface area contributed by atoms with Gasteiger partial charge in [0, 0.05) is 37.7 Å². The van der Waals surface area contributed by atoms with Crippen LogP contribution in [-0.2, 0) is 0 Å². The van der Waals surface area contributed by atoms with Crippen LogP contribution in [0.5, 0.6) is 5.88 Å². The number of amides is 1. The number of nitrogens with one attached hydrogen (secondary N) is 2. The van der Waals surface area contributed by atoms with Gasteiger partial charge in [0.2, 0.25) is 11.8 Å². The largest absolute Gasteiger partial charge is 0.477 e. The molecule has 0 spiro atoms. The van der Waals surface area contributed by atoms with E-state index in [4.69, 9.17) is 4.74 Å². The third-order valence-corrected chi connectivity index (χ3v) is 5.21. The summed E-state index contributed by atoms with van der Waals surface area (Å²) in [5, 5.41) is 5.90. The van der Waals surface area contributed by atoms with E-state index in [1.165, 1.54) is 16.7 Å². The van der Waals surface area contributed by atoms with Crippen LogP contribution in [0.25, 0.3) is 5.65 Å². The summed E-state index contributed by atoms with van der Waals surface area (Å²) in [7, 11) is 1.94. The molecule has 1 amide bonds. The average Bonchev–Trinajstić information content (AvgIpc) is 3.35. The molecule has 1 aliphatic rings. The van der Waals surface area contributed by atoms with E-state index in [0.29, 0.717) is 29.9 Å². The third kappa shape index (κ3) is 4.43. The van der Waals surface area contributed by atoms with Crippen molar-refractivity contribution in [1.29, 1.82) is 0 Å². The van der Waals surface area contributed by atoms with Crippen LogP contribution < -0.4 is 20.3 Å². The average molecular weight is 427 g/mol. The molecule has 31 heavy (non-hydrogen) atoms. The van der Waals surface area contributed by atoms with Crippen molar-refractivity contribution in [3.05, 3.63) is 41.7 Å². The van der Waals surface area contributed by atoms with Crippen LogP contribution >= 0.6 is 0 Å². The lowest BCUT2D eigenvalue weighted by atomic mass is 10.1. The Hall–Kier alpha value is -3.27. The fourth-order valence-electron chi connectivity index (χ4n) is 3.83. The van der Waals surface area contributed by atoms with Gasteiger partial charge in [-0.15, -0.1) is 0 Å². The van der Waals surface area contributed by atoms with E-state index in [2.05, 4.69) is 30.5 Å². The number of anilines is 2. The number of carbonyl (C=O) groups excluding carboxylic acids is 1. The van der Waals surface area contributed by atoms with E-state index in [1.54, 1.807) is 19.3 Å². The van der Waals surface area contributed by atoms with Crippen molar-refractivity contribution >= 4 is 23.2 Å². The fourth-order valence-corrected chi connectivity index (χ4v) is 3.83. The Morgan fingerprint density at radius 1 is 1.35 bits per heavy atom. The number of hydrogen-bond donors (Lipinski definition) is 2. The molecular weight excluding hydrogens is 401 g/mol. The molecule has 2 N–H and O–H groups in total. The number of halogens is 1. The zero-order valence-corrected chi connectivity index (χ0v) is 17.9. The lowest BCUT2D eigenvalue weighted by Crippen LogP contribution is -2.26. The van der Waals surface area contributed by atoms with Crippen molar-refractivity contribution in [3.63, 3.8) is 0 Å². The number of rotatable bonds is 7. The van der Waals surface area contributed by atoms with E-state index in [1.807, 2.05) is 14.0 Å². The summed E-state index contributed by atoms with van der Waals surface area (Å²) in [4.78, 5) is 28.0. The lowest BCUT2D eigenvalue weighted by Gasteiger charge is -2.18.